The molecule has 0 saturated carbocycles. The predicted molar refractivity (Wildman–Crippen MR) is 65.5 cm³/mol. The molecule has 0 spiro atoms. The first-order valence-corrected chi connectivity index (χ1v) is 6.33. The van der Waals surface area contributed by atoms with Crippen LogP contribution in [-0.2, 0) is 4.79 Å². The summed E-state index contributed by atoms with van der Waals surface area (Å²) in [6.45, 7) is 1.73. The number of nitrogens with one attached hydrogen (secondary N) is 1. The zero-order valence-electron chi connectivity index (χ0n) is 10.0. The van der Waals surface area contributed by atoms with Crippen molar-refractivity contribution in [3.8, 4) is 5.75 Å². The number of Topliss-reactive ketones (excluding diaryl/α,β-unsaturated/α-hetero) is 1. The van der Waals surface area contributed by atoms with Gasteiger partial charge in [0.25, 0.3) is 0 Å². The predicted octanol–water partition coefficient (Wildman–Crippen LogP) is 1.40. The summed E-state index contributed by atoms with van der Waals surface area (Å²) in [5, 5.41) is 3.24. The monoisotopic (exact) mass is 245 g/mol. The van der Waals surface area contributed by atoms with E-state index in [9.17, 15) is 9.59 Å². The Kier molecular flexibility index (Phi) is 2.88. The first kappa shape index (κ1) is 11.4. The molecule has 1 saturated heterocycles. The van der Waals surface area contributed by atoms with Gasteiger partial charge in [0.1, 0.15) is 11.7 Å². The molecule has 1 aromatic rings. The fourth-order valence-corrected chi connectivity index (χ4v) is 2.79. The number of hydrogen-bond donors (Lipinski definition) is 1. The van der Waals surface area contributed by atoms with E-state index in [1.807, 2.05) is 0 Å². The van der Waals surface area contributed by atoms with E-state index in [4.69, 9.17) is 4.74 Å². The average molecular weight is 245 g/mol. The molecule has 94 valence electrons. The maximum Gasteiger partial charge on any atom is 0.322 e. The molecule has 2 aliphatic heterocycles. The lowest BCUT2D eigenvalue weighted by molar-refractivity contribution is -0.139. The zero-order chi connectivity index (χ0) is 12.5. The van der Waals surface area contributed by atoms with E-state index in [2.05, 4.69) is 5.32 Å². The highest BCUT2D eigenvalue weighted by Gasteiger charge is 2.41. The van der Waals surface area contributed by atoms with Crippen molar-refractivity contribution in [3.05, 3.63) is 29.8 Å². The normalized spacial score (nSPS) is 24.6. The van der Waals surface area contributed by atoms with E-state index >= 15 is 0 Å². The Labute approximate surface area is 105 Å². The van der Waals surface area contributed by atoms with Gasteiger partial charge in [-0.05, 0) is 44.0 Å². The summed E-state index contributed by atoms with van der Waals surface area (Å²) >= 11 is 0. The molecule has 3 rings (SSSR count). The second-order valence-corrected chi connectivity index (χ2v) is 4.85. The fraction of sp³-hybridized carbons (Fsp3) is 0.429. The van der Waals surface area contributed by atoms with Crippen LogP contribution in [-0.4, -0.2) is 24.8 Å². The molecule has 1 fully saturated rings. The molecule has 1 N–H and O–H groups in total. The highest BCUT2D eigenvalue weighted by molar-refractivity contribution is 6.13. The van der Waals surface area contributed by atoms with E-state index in [1.54, 1.807) is 24.3 Å². The third-order valence-electron chi connectivity index (χ3n) is 3.75. The van der Waals surface area contributed by atoms with Gasteiger partial charge in [0.05, 0.1) is 5.56 Å². The van der Waals surface area contributed by atoms with Gasteiger partial charge in [0.2, 0.25) is 0 Å². The van der Waals surface area contributed by atoms with E-state index in [-0.39, 0.29) is 17.7 Å². The second kappa shape index (κ2) is 4.53. The molecule has 18 heavy (non-hydrogen) atoms. The molecule has 0 bridgehead atoms. The minimum atomic E-state index is -0.609. The van der Waals surface area contributed by atoms with Crippen LogP contribution in [0.15, 0.2) is 24.3 Å². The van der Waals surface area contributed by atoms with Crippen LogP contribution in [0.4, 0.5) is 0 Å². The summed E-state index contributed by atoms with van der Waals surface area (Å²) in [6.07, 6.45) is 1.71. The maximum atomic E-state index is 12.4. The number of carbonyl (C=O) groups is 2. The van der Waals surface area contributed by atoms with Crippen molar-refractivity contribution in [2.75, 3.05) is 13.1 Å². The smallest absolute Gasteiger partial charge is 0.322 e. The molecule has 1 aromatic carbocycles. The van der Waals surface area contributed by atoms with Gasteiger partial charge < -0.3 is 10.1 Å². The van der Waals surface area contributed by atoms with Crippen molar-refractivity contribution in [2.45, 2.75) is 12.8 Å². The zero-order valence-corrected chi connectivity index (χ0v) is 10.0. The Morgan fingerprint density at radius 2 is 1.83 bits per heavy atom. The molecule has 0 aromatic heterocycles. The topological polar surface area (TPSA) is 55.4 Å². The van der Waals surface area contributed by atoms with E-state index in [0.29, 0.717) is 11.3 Å². The van der Waals surface area contributed by atoms with Gasteiger partial charge in [-0.2, -0.15) is 0 Å². The van der Waals surface area contributed by atoms with Crippen LogP contribution in [0.5, 0.6) is 5.75 Å². The highest BCUT2D eigenvalue weighted by Crippen LogP contribution is 2.34. The quantitative estimate of drug-likeness (QED) is 0.461. The summed E-state index contributed by atoms with van der Waals surface area (Å²) in [6, 6.07) is 6.97. The molecule has 4 heteroatoms. The fourth-order valence-electron chi connectivity index (χ4n) is 2.79. The number of ether oxygens (including phenoxy) is 1. The van der Waals surface area contributed by atoms with Crippen LogP contribution in [0.25, 0.3) is 0 Å². The Morgan fingerprint density at radius 1 is 1.11 bits per heavy atom. The third-order valence-corrected chi connectivity index (χ3v) is 3.75. The Balaban J connectivity index is 1.92. The third kappa shape index (κ3) is 1.82. The van der Waals surface area contributed by atoms with Gasteiger partial charge in [-0.15, -0.1) is 0 Å². The Bertz CT molecular complexity index is 492. The van der Waals surface area contributed by atoms with Crippen molar-refractivity contribution in [1.29, 1.82) is 0 Å². The number of para-hydroxylation sites is 1. The van der Waals surface area contributed by atoms with Gasteiger partial charge in [-0.25, -0.2) is 0 Å². The SMILES string of the molecule is O=C1Oc2ccccc2C(=O)C1C1CCNCC1. The van der Waals surface area contributed by atoms with E-state index in [1.165, 1.54) is 0 Å². The van der Waals surface area contributed by atoms with Crippen LogP contribution in [0.2, 0.25) is 0 Å². The molecule has 0 radical (unpaired) electrons. The number of rotatable bonds is 1. The minimum Gasteiger partial charge on any atom is -0.425 e. The summed E-state index contributed by atoms with van der Waals surface area (Å²) in [5.74, 6) is -0.557. The molecule has 0 aliphatic carbocycles. The largest absolute Gasteiger partial charge is 0.425 e. The van der Waals surface area contributed by atoms with Crippen LogP contribution < -0.4 is 10.1 Å². The van der Waals surface area contributed by atoms with Gasteiger partial charge >= 0.3 is 5.97 Å². The number of fused-ring (bicyclic) bond motifs is 1. The van der Waals surface area contributed by atoms with Crippen molar-refractivity contribution in [3.63, 3.8) is 0 Å². The van der Waals surface area contributed by atoms with Crippen LogP contribution in [0.3, 0.4) is 0 Å². The van der Waals surface area contributed by atoms with Crippen molar-refractivity contribution in [2.24, 2.45) is 11.8 Å². The first-order chi connectivity index (χ1) is 8.77. The lowest BCUT2D eigenvalue weighted by Crippen LogP contribution is -2.42. The van der Waals surface area contributed by atoms with Gasteiger partial charge in [-0.1, -0.05) is 12.1 Å². The number of ketones is 1. The minimum absolute atomic E-state index is 0.0752. The van der Waals surface area contributed by atoms with Crippen molar-refractivity contribution < 1.29 is 14.3 Å². The van der Waals surface area contributed by atoms with Crippen molar-refractivity contribution in [1.82, 2.24) is 5.32 Å². The average Bonchev–Trinajstić information content (AvgIpc) is 2.40. The number of hydrogen-bond acceptors (Lipinski definition) is 4. The molecular weight excluding hydrogens is 230 g/mol. The maximum absolute atomic E-state index is 12.4. The lowest BCUT2D eigenvalue weighted by Gasteiger charge is -2.31. The van der Waals surface area contributed by atoms with Crippen LogP contribution in [0.1, 0.15) is 23.2 Å². The Morgan fingerprint density at radius 3 is 2.61 bits per heavy atom. The molecule has 1 atom stereocenters. The molecule has 1 unspecified atom stereocenters. The number of carbonyl (C=O) groups excluding carboxylic acids is 2. The van der Waals surface area contributed by atoms with Crippen molar-refractivity contribution >= 4 is 11.8 Å². The van der Waals surface area contributed by atoms with E-state index < -0.39 is 5.92 Å². The van der Waals surface area contributed by atoms with E-state index in [0.717, 1.165) is 25.9 Å². The Hall–Kier alpha value is -1.68. The van der Waals surface area contributed by atoms with Gasteiger partial charge in [-0.3, -0.25) is 9.59 Å². The number of esters is 1. The molecule has 2 heterocycles. The summed E-state index contributed by atoms with van der Waals surface area (Å²) in [4.78, 5) is 24.4. The highest BCUT2D eigenvalue weighted by atomic mass is 16.5. The molecule has 4 nitrogen and oxygen atoms in total. The molecule has 0 amide bonds. The lowest BCUT2D eigenvalue weighted by atomic mass is 9.79. The number of benzene rings is 1. The number of piperidine rings is 1. The summed E-state index contributed by atoms with van der Waals surface area (Å²) in [7, 11) is 0. The second-order valence-electron chi connectivity index (χ2n) is 4.85. The first-order valence-electron chi connectivity index (χ1n) is 6.33. The summed E-state index contributed by atoms with van der Waals surface area (Å²) in [5.41, 5.74) is 0.542. The van der Waals surface area contributed by atoms with Gasteiger partial charge in [0, 0.05) is 0 Å². The van der Waals surface area contributed by atoms with Crippen LogP contribution >= 0.6 is 0 Å². The van der Waals surface area contributed by atoms with Gasteiger partial charge in [0.15, 0.2) is 5.78 Å². The molecule has 2 aliphatic rings. The standard InChI is InChI=1S/C14H15NO3/c16-13-10-3-1-2-4-11(10)18-14(17)12(13)9-5-7-15-8-6-9/h1-4,9,12,15H,5-8H2. The van der Waals surface area contributed by atoms with Crippen LogP contribution in [0, 0.1) is 11.8 Å². The summed E-state index contributed by atoms with van der Waals surface area (Å²) < 4.78 is 5.29. The molecular formula is C14H15NO3.